The summed E-state index contributed by atoms with van der Waals surface area (Å²) in [6, 6.07) is 6.63. The van der Waals surface area contributed by atoms with E-state index >= 15 is 0 Å². The minimum atomic E-state index is -0.196. The second kappa shape index (κ2) is 15.8. The van der Waals surface area contributed by atoms with E-state index < -0.39 is 0 Å². The van der Waals surface area contributed by atoms with Gasteiger partial charge in [0, 0.05) is 43.2 Å². The van der Waals surface area contributed by atoms with Gasteiger partial charge in [-0.3, -0.25) is 4.99 Å². The van der Waals surface area contributed by atoms with E-state index in [0.29, 0.717) is 0 Å². The van der Waals surface area contributed by atoms with Gasteiger partial charge in [0.05, 0.1) is 0 Å². The number of aryl methyl sites for hydroxylation is 1. The van der Waals surface area contributed by atoms with Crippen LogP contribution in [0.4, 0.5) is 4.39 Å². The van der Waals surface area contributed by atoms with Crippen molar-refractivity contribution >= 4 is 53.5 Å². The maximum Gasteiger partial charge on any atom is 0.191 e. The molecular weight excluding hydrogens is 522 g/mol. The number of aliphatic imine (C=N–C) groups is 1. The first-order valence-corrected chi connectivity index (χ1v) is 11.9. The van der Waals surface area contributed by atoms with Gasteiger partial charge in [0.1, 0.15) is 18.0 Å². The highest BCUT2D eigenvalue weighted by Gasteiger charge is 2.03. The van der Waals surface area contributed by atoms with E-state index in [1.54, 1.807) is 29.9 Å². The zero-order valence-electron chi connectivity index (χ0n) is 16.9. The molecule has 0 fully saturated rings. The number of aromatic nitrogens is 3. The molecule has 0 unspecified atom stereocenters. The number of nitrogens with zero attached hydrogens (tertiary/aromatic N) is 4. The predicted molar refractivity (Wildman–Crippen MR) is 133 cm³/mol. The second-order valence-electron chi connectivity index (χ2n) is 6.03. The van der Waals surface area contributed by atoms with Crippen molar-refractivity contribution in [2.75, 3.05) is 37.4 Å². The van der Waals surface area contributed by atoms with Gasteiger partial charge in [0.25, 0.3) is 0 Å². The Balaban J connectivity index is 0.00000420. The highest BCUT2D eigenvalue weighted by atomic mass is 127. The van der Waals surface area contributed by atoms with Crippen LogP contribution < -0.4 is 10.6 Å². The first-order valence-electron chi connectivity index (χ1n) is 9.49. The number of halogens is 2. The molecule has 0 amide bonds. The Morgan fingerprint density at radius 3 is 2.66 bits per heavy atom. The van der Waals surface area contributed by atoms with Crippen molar-refractivity contribution in [1.82, 2.24) is 25.4 Å². The number of thioether (sulfide) groups is 2. The van der Waals surface area contributed by atoms with Gasteiger partial charge in [-0.05, 0) is 42.7 Å². The average molecular weight is 553 g/mol. The number of hydrogen-bond donors (Lipinski definition) is 2. The van der Waals surface area contributed by atoms with Crippen LogP contribution in [-0.2, 0) is 13.0 Å². The van der Waals surface area contributed by atoms with E-state index in [1.165, 1.54) is 12.1 Å². The van der Waals surface area contributed by atoms with Crippen molar-refractivity contribution in [2.45, 2.75) is 31.2 Å². The Hall–Kier alpha value is -1.01. The molecule has 162 valence electrons. The molecule has 1 aromatic heterocycles. The van der Waals surface area contributed by atoms with Crippen molar-refractivity contribution in [2.24, 2.45) is 4.99 Å². The first-order chi connectivity index (χ1) is 13.7. The van der Waals surface area contributed by atoms with Crippen molar-refractivity contribution in [3.63, 3.8) is 0 Å². The minimum Gasteiger partial charge on any atom is -0.356 e. The van der Waals surface area contributed by atoms with Crippen LogP contribution in [0.2, 0.25) is 0 Å². The van der Waals surface area contributed by atoms with Gasteiger partial charge in [-0.25, -0.2) is 4.39 Å². The Labute approximate surface area is 198 Å². The molecule has 1 heterocycles. The van der Waals surface area contributed by atoms with Crippen molar-refractivity contribution in [3.8, 4) is 0 Å². The van der Waals surface area contributed by atoms with Crippen LogP contribution in [0.1, 0.15) is 19.2 Å². The summed E-state index contributed by atoms with van der Waals surface area (Å²) in [7, 11) is 0. The summed E-state index contributed by atoms with van der Waals surface area (Å²) in [5, 5.41) is 14.8. The third kappa shape index (κ3) is 10.5. The molecule has 2 aromatic rings. The van der Waals surface area contributed by atoms with Gasteiger partial charge in [-0.2, -0.15) is 11.8 Å². The molecule has 0 saturated heterocycles. The van der Waals surface area contributed by atoms with E-state index in [0.717, 1.165) is 67.2 Å². The summed E-state index contributed by atoms with van der Waals surface area (Å²) in [6.07, 6.45) is 5.70. The maximum absolute atomic E-state index is 12.9. The molecule has 2 N–H and O–H groups in total. The smallest absolute Gasteiger partial charge is 0.191 e. The lowest BCUT2D eigenvalue weighted by atomic mass is 10.4. The fourth-order valence-corrected chi connectivity index (χ4v) is 3.60. The van der Waals surface area contributed by atoms with Crippen LogP contribution in [0, 0.1) is 5.82 Å². The summed E-state index contributed by atoms with van der Waals surface area (Å²) < 4.78 is 15.0. The lowest BCUT2D eigenvalue weighted by Gasteiger charge is -2.13. The molecule has 0 aliphatic heterocycles. The van der Waals surface area contributed by atoms with Gasteiger partial charge in [-0.15, -0.1) is 45.9 Å². The molecule has 10 heteroatoms. The summed E-state index contributed by atoms with van der Waals surface area (Å²) in [4.78, 5) is 5.76. The van der Waals surface area contributed by atoms with Crippen LogP contribution in [0.25, 0.3) is 0 Å². The van der Waals surface area contributed by atoms with Crippen molar-refractivity contribution < 1.29 is 4.39 Å². The number of benzene rings is 1. The van der Waals surface area contributed by atoms with Crippen LogP contribution in [0.5, 0.6) is 0 Å². The molecule has 29 heavy (non-hydrogen) atoms. The number of rotatable bonds is 12. The van der Waals surface area contributed by atoms with Gasteiger partial charge in [0.2, 0.25) is 0 Å². The Morgan fingerprint density at radius 1 is 1.17 bits per heavy atom. The molecular formula is C19H30FIN6S2. The third-order valence-electron chi connectivity index (χ3n) is 3.91. The van der Waals surface area contributed by atoms with Gasteiger partial charge < -0.3 is 15.2 Å². The van der Waals surface area contributed by atoms with E-state index in [2.05, 4.69) is 43.6 Å². The highest BCUT2D eigenvalue weighted by molar-refractivity contribution is 14.0. The first kappa shape index (κ1) is 26.0. The maximum atomic E-state index is 12.9. The molecule has 0 radical (unpaired) electrons. The van der Waals surface area contributed by atoms with Gasteiger partial charge >= 0.3 is 0 Å². The van der Waals surface area contributed by atoms with E-state index in [-0.39, 0.29) is 29.8 Å². The lowest BCUT2D eigenvalue weighted by molar-refractivity contribution is 0.626. The summed E-state index contributed by atoms with van der Waals surface area (Å²) in [5.41, 5.74) is 0. The topological polar surface area (TPSA) is 67.1 Å². The Morgan fingerprint density at radius 2 is 1.93 bits per heavy atom. The SMILES string of the molecule is CCc1nncn1CCNC(=NCCCSc1ccc(F)cc1)NCCSC.I. The molecule has 2 rings (SSSR count). The third-order valence-corrected chi connectivity index (χ3v) is 5.62. The summed E-state index contributed by atoms with van der Waals surface area (Å²) in [5.74, 6) is 3.62. The van der Waals surface area contributed by atoms with Crippen LogP contribution in [0.3, 0.4) is 0 Å². The van der Waals surface area contributed by atoms with E-state index in [4.69, 9.17) is 0 Å². The Kier molecular flexibility index (Phi) is 14.2. The predicted octanol–water partition coefficient (Wildman–Crippen LogP) is 3.68. The largest absolute Gasteiger partial charge is 0.356 e. The fourth-order valence-electron chi connectivity index (χ4n) is 2.46. The second-order valence-corrected chi connectivity index (χ2v) is 8.18. The molecule has 6 nitrogen and oxygen atoms in total. The number of nitrogens with one attached hydrogen (secondary N) is 2. The average Bonchev–Trinajstić information content (AvgIpc) is 3.16. The fraction of sp³-hybridized carbons (Fsp3) is 0.526. The minimum absolute atomic E-state index is 0. The van der Waals surface area contributed by atoms with E-state index in [9.17, 15) is 4.39 Å². The molecule has 1 aromatic carbocycles. The van der Waals surface area contributed by atoms with E-state index in [1.807, 2.05) is 12.1 Å². The quantitative estimate of drug-likeness (QED) is 0.138. The molecule has 0 aliphatic rings. The standard InChI is InChI=1S/C19H29FN6S2.HI/c1-3-18-25-24-15-26(18)12-10-22-19(23-11-14-27-2)21-9-4-13-28-17-7-5-16(20)6-8-17;/h5-8,15H,3-4,9-14H2,1-2H3,(H2,21,22,23);1H. The summed E-state index contributed by atoms with van der Waals surface area (Å²) >= 11 is 3.53. The molecule has 0 spiro atoms. The zero-order valence-corrected chi connectivity index (χ0v) is 20.9. The number of guanidine groups is 1. The van der Waals surface area contributed by atoms with Crippen molar-refractivity contribution in [3.05, 3.63) is 42.2 Å². The van der Waals surface area contributed by atoms with Gasteiger partial charge in [-0.1, -0.05) is 6.92 Å². The van der Waals surface area contributed by atoms with Crippen LogP contribution >= 0.6 is 47.5 Å². The summed E-state index contributed by atoms with van der Waals surface area (Å²) in [6.45, 7) is 5.27. The monoisotopic (exact) mass is 552 g/mol. The molecule has 0 saturated carbocycles. The zero-order chi connectivity index (χ0) is 20.0. The highest BCUT2D eigenvalue weighted by Crippen LogP contribution is 2.18. The number of hydrogen-bond acceptors (Lipinski definition) is 5. The van der Waals surface area contributed by atoms with Crippen LogP contribution in [-0.4, -0.2) is 58.1 Å². The lowest BCUT2D eigenvalue weighted by Crippen LogP contribution is -2.40. The molecule has 0 atom stereocenters. The Bertz CT molecular complexity index is 711. The van der Waals surface area contributed by atoms with Gasteiger partial charge in [0.15, 0.2) is 5.96 Å². The molecule has 0 bridgehead atoms. The van der Waals surface area contributed by atoms with Crippen molar-refractivity contribution in [1.29, 1.82) is 0 Å². The molecule has 0 aliphatic carbocycles. The normalized spacial score (nSPS) is 11.2. The van der Waals surface area contributed by atoms with Crippen LogP contribution in [0.15, 0.2) is 40.5 Å².